The van der Waals surface area contributed by atoms with Crippen LogP contribution in [0.3, 0.4) is 0 Å². The molecule has 1 unspecified atom stereocenters. The Labute approximate surface area is 140 Å². The second kappa shape index (κ2) is 8.54. The van der Waals surface area contributed by atoms with Gasteiger partial charge in [0.25, 0.3) is 0 Å². The summed E-state index contributed by atoms with van der Waals surface area (Å²) in [6.07, 6.45) is 2.68. The minimum atomic E-state index is -0.115. The van der Waals surface area contributed by atoms with E-state index >= 15 is 0 Å². The molecule has 1 heterocycles. The molecule has 1 N–H and O–H groups in total. The lowest BCUT2D eigenvalue weighted by atomic mass is 9.81. The fraction of sp³-hybridized carbons (Fsp3) is 0.611. The van der Waals surface area contributed by atoms with Crippen LogP contribution in [0.5, 0.6) is 0 Å². The van der Waals surface area contributed by atoms with E-state index in [0.29, 0.717) is 18.4 Å². The number of carbonyl (C=O) groups excluding carboxylic acids is 1. The number of rotatable bonds is 6. The molecule has 0 aromatic heterocycles. The van der Waals surface area contributed by atoms with Crippen molar-refractivity contribution in [1.82, 2.24) is 10.2 Å². The van der Waals surface area contributed by atoms with Crippen molar-refractivity contribution in [3.63, 3.8) is 0 Å². The van der Waals surface area contributed by atoms with Gasteiger partial charge in [0.1, 0.15) is 0 Å². The van der Waals surface area contributed by atoms with E-state index in [-0.39, 0.29) is 17.8 Å². The van der Waals surface area contributed by atoms with E-state index < -0.39 is 0 Å². The molecule has 2 rings (SSSR count). The fourth-order valence-electron chi connectivity index (χ4n) is 3.13. The van der Waals surface area contributed by atoms with E-state index in [1.54, 1.807) is 0 Å². The summed E-state index contributed by atoms with van der Waals surface area (Å²) in [4.78, 5) is 14.9. The molecule has 22 heavy (non-hydrogen) atoms. The Bertz CT molecular complexity index is 455. The van der Waals surface area contributed by atoms with Gasteiger partial charge in [0.05, 0.1) is 0 Å². The van der Waals surface area contributed by atoms with Crippen LogP contribution in [0.1, 0.15) is 45.6 Å². The van der Waals surface area contributed by atoms with E-state index in [2.05, 4.69) is 43.1 Å². The van der Waals surface area contributed by atoms with Crippen LogP contribution in [0.15, 0.2) is 30.3 Å². The van der Waals surface area contributed by atoms with Gasteiger partial charge in [-0.25, -0.2) is 0 Å². The molecule has 0 radical (unpaired) electrons. The Morgan fingerprint density at radius 1 is 1.32 bits per heavy atom. The van der Waals surface area contributed by atoms with E-state index in [1.807, 2.05) is 18.2 Å². The van der Waals surface area contributed by atoms with Crippen LogP contribution in [0.25, 0.3) is 0 Å². The van der Waals surface area contributed by atoms with Gasteiger partial charge in [-0.15, -0.1) is 12.4 Å². The number of nitrogens with one attached hydrogen (secondary N) is 1. The van der Waals surface area contributed by atoms with Crippen LogP contribution in [-0.2, 0) is 10.2 Å². The Balaban J connectivity index is 0.00000242. The Morgan fingerprint density at radius 2 is 2.00 bits per heavy atom. The van der Waals surface area contributed by atoms with Gasteiger partial charge in [-0.05, 0) is 30.4 Å². The van der Waals surface area contributed by atoms with Gasteiger partial charge in [0, 0.05) is 25.6 Å². The van der Waals surface area contributed by atoms with Crippen LogP contribution in [0, 0.1) is 0 Å². The van der Waals surface area contributed by atoms with Crippen LogP contribution in [0.2, 0.25) is 0 Å². The molecule has 1 aromatic rings. The molecule has 0 aliphatic carbocycles. The SMILES string of the molecule is CCCN(C(=O)CC(C)(C)c1ccccc1)C1CCNC1.Cl. The van der Waals surface area contributed by atoms with Gasteiger partial charge in [-0.1, -0.05) is 51.1 Å². The van der Waals surface area contributed by atoms with Gasteiger partial charge in [0.2, 0.25) is 5.91 Å². The second-order valence-corrected chi connectivity index (χ2v) is 6.66. The summed E-state index contributed by atoms with van der Waals surface area (Å²) < 4.78 is 0. The fourth-order valence-corrected chi connectivity index (χ4v) is 3.13. The third kappa shape index (κ3) is 4.72. The summed E-state index contributed by atoms with van der Waals surface area (Å²) in [5.74, 6) is 0.291. The molecule has 0 bridgehead atoms. The Hall–Kier alpha value is -1.06. The predicted molar refractivity (Wildman–Crippen MR) is 94.6 cm³/mol. The lowest BCUT2D eigenvalue weighted by Gasteiger charge is -2.32. The maximum Gasteiger partial charge on any atom is 0.223 e. The highest BCUT2D eigenvalue weighted by molar-refractivity contribution is 5.85. The summed E-state index contributed by atoms with van der Waals surface area (Å²) >= 11 is 0. The molecule has 124 valence electrons. The Morgan fingerprint density at radius 3 is 2.55 bits per heavy atom. The smallest absolute Gasteiger partial charge is 0.223 e. The molecule has 1 amide bonds. The van der Waals surface area contributed by atoms with E-state index in [1.165, 1.54) is 5.56 Å². The van der Waals surface area contributed by atoms with Crippen molar-refractivity contribution in [2.45, 2.75) is 51.5 Å². The van der Waals surface area contributed by atoms with Crippen molar-refractivity contribution in [3.05, 3.63) is 35.9 Å². The number of hydrogen-bond acceptors (Lipinski definition) is 2. The number of nitrogens with zero attached hydrogens (tertiary/aromatic N) is 1. The largest absolute Gasteiger partial charge is 0.338 e. The second-order valence-electron chi connectivity index (χ2n) is 6.66. The standard InChI is InChI=1S/C18H28N2O.ClH/c1-4-12-20(16-10-11-19-14-16)17(21)13-18(2,3)15-8-6-5-7-9-15;/h5-9,16,19H,4,10-14H2,1-3H3;1H. The topological polar surface area (TPSA) is 32.3 Å². The van der Waals surface area contributed by atoms with Crippen molar-refractivity contribution in [2.75, 3.05) is 19.6 Å². The average Bonchev–Trinajstić information content (AvgIpc) is 2.99. The zero-order chi connectivity index (χ0) is 15.3. The average molecular weight is 325 g/mol. The summed E-state index contributed by atoms with van der Waals surface area (Å²) in [5.41, 5.74) is 1.12. The minimum Gasteiger partial charge on any atom is -0.338 e. The number of amides is 1. The molecule has 1 aliphatic heterocycles. The first kappa shape index (κ1) is 19.0. The summed E-state index contributed by atoms with van der Waals surface area (Å²) in [5, 5.41) is 3.37. The first-order valence-electron chi connectivity index (χ1n) is 8.10. The van der Waals surface area contributed by atoms with E-state index in [4.69, 9.17) is 0 Å². The molecule has 1 aromatic carbocycles. The van der Waals surface area contributed by atoms with Gasteiger partial charge in [0.15, 0.2) is 0 Å². The number of hydrogen-bond donors (Lipinski definition) is 1. The minimum absolute atomic E-state index is 0. The lowest BCUT2D eigenvalue weighted by Crippen LogP contribution is -2.44. The monoisotopic (exact) mass is 324 g/mol. The molecule has 1 atom stereocenters. The third-order valence-electron chi connectivity index (χ3n) is 4.41. The maximum atomic E-state index is 12.8. The molecule has 1 aliphatic rings. The van der Waals surface area contributed by atoms with Crippen LogP contribution >= 0.6 is 12.4 Å². The number of carbonyl (C=O) groups is 1. The van der Waals surface area contributed by atoms with Gasteiger partial charge >= 0.3 is 0 Å². The molecule has 1 saturated heterocycles. The maximum absolute atomic E-state index is 12.8. The normalized spacial score (nSPS) is 17.9. The lowest BCUT2D eigenvalue weighted by molar-refractivity contribution is -0.134. The highest BCUT2D eigenvalue weighted by Gasteiger charge is 2.31. The summed E-state index contributed by atoms with van der Waals surface area (Å²) in [6.45, 7) is 9.31. The van der Waals surface area contributed by atoms with Crippen LogP contribution in [-0.4, -0.2) is 36.5 Å². The zero-order valence-electron chi connectivity index (χ0n) is 14.0. The highest BCUT2D eigenvalue weighted by atomic mass is 35.5. The number of benzene rings is 1. The van der Waals surface area contributed by atoms with Crippen molar-refractivity contribution >= 4 is 18.3 Å². The van der Waals surface area contributed by atoms with Gasteiger partial charge in [-0.2, -0.15) is 0 Å². The first-order valence-corrected chi connectivity index (χ1v) is 8.10. The van der Waals surface area contributed by atoms with Crippen LogP contribution in [0.4, 0.5) is 0 Å². The highest BCUT2D eigenvalue weighted by Crippen LogP contribution is 2.28. The van der Waals surface area contributed by atoms with E-state index in [9.17, 15) is 4.79 Å². The Kier molecular flexibility index (Phi) is 7.37. The third-order valence-corrected chi connectivity index (χ3v) is 4.41. The number of halogens is 1. The first-order chi connectivity index (χ1) is 10.0. The molecular formula is C18H29ClN2O. The zero-order valence-corrected chi connectivity index (χ0v) is 14.8. The molecule has 1 fully saturated rings. The molecule has 0 spiro atoms. The van der Waals surface area contributed by atoms with Crippen molar-refractivity contribution < 1.29 is 4.79 Å². The molecule has 4 heteroatoms. The van der Waals surface area contributed by atoms with Crippen LogP contribution < -0.4 is 5.32 Å². The molecular weight excluding hydrogens is 296 g/mol. The summed E-state index contributed by atoms with van der Waals surface area (Å²) in [7, 11) is 0. The van der Waals surface area contributed by atoms with E-state index in [0.717, 1.165) is 32.5 Å². The van der Waals surface area contributed by atoms with Crippen molar-refractivity contribution in [3.8, 4) is 0 Å². The quantitative estimate of drug-likeness (QED) is 0.870. The summed E-state index contributed by atoms with van der Waals surface area (Å²) in [6, 6.07) is 10.7. The molecule has 0 saturated carbocycles. The molecule has 3 nitrogen and oxygen atoms in total. The van der Waals surface area contributed by atoms with Gasteiger partial charge in [-0.3, -0.25) is 4.79 Å². The van der Waals surface area contributed by atoms with Gasteiger partial charge < -0.3 is 10.2 Å². The van der Waals surface area contributed by atoms with Crippen molar-refractivity contribution in [2.24, 2.45) is 0 Å². The predicted octanol–water partition coefficient (Wildman–Crippen LogP) is 3.38. The van der Waals surface area contributed by atoms with Crippen molar-refractivity contribution in [1.29, 1.82) is 0 Å².